The van der Waals surface area contributed by atoms with Crippen molar-refractivity contribution in [3.63, 3.8) is 0 Å². The molecular formula is C22H24N2O4. The van der Waals surface area contributed by atoms with E-state index in [1.54, 1.807) is 6.07 Å². The monoisotopic (exact) mass is 380 g/mol. The van der Waals surface area contributed by atoms with Crippen LogP contribution in [0.5, 0.6) is 0 Å². The number of carbonyl (C=O) groups excluding carboxylic acids is 2. The standard InChI is InChI=1S/C22H24N2O4/c1-27-20(26)21-9-14-7-15(10-21)12-22(11-14,13-21)23-19(25)17-8-18(28-24-17)16-5-3-2-4-6-16/h2-6,8,14-15H,7,9-13H2,1H3,(H,23,25)/t14-,15-,21?,22?/m1/s1. The second kappa shape index (κ2) is 6.19. The quantitative estimate of drug-likeness (QED) is 0.820. The maximum atomic E-state index is 13.0. The fraction of sp³-hybridized carbons (Fsp3) is 0.500. The van der Waals surface area contributed by atoms with Gasteiger partial charge in [-0.25, -0.2) is 0 Å². The molecule has 4 aliphatic rings. The number of hydrogen-bond acceptors (Lipinski definition) is 5. The summed E-state index contributed by atoms with van der Waals surface area (Å²) in [7, 11) is 1.46. The summed E-state index contributed by atoms with van der Waals surface area (Å²) in [6.07, 6.45) is 5.44. The molecule has 0 aliphatic heterocycles. The van der Waals surface area contributed by atoms with Gasteiger partial charge in [0.1, 0.15) is 0 Å². The molecule has 4 bridgehead atoms. The number of ether oxygens (including phenoxy) is 1. The van der Waals surface area contributed by atoms with Gasteiger partial charge in [0.05, 0.1) is 12.5 Å². The van der Waals surface area contributed by atoms with Crippen LogP contribution in [-0.2, 0) is 9.53 Å². The van der Waals surface area contributed by atoms with Crippen LogP contribution in [0, 0.1) is 17.3 Å². The molecule has 0 spiro atoms. The zero-order chi connectivity index (χ0) is 19.4. The normalized spacial score (nSPS) is 32.9. The molecule has 0 unspecified atom stereocenters. The third-order valence-electron chi connectivity index (χ3n) is 6.86. The number of benzene rings is 1. The molecule has 6 rings (SSSR count). The number of esters is 1. The topological polar surface area (TPSA) is 81.4 Å². The SMILES string of the molecule is COC(=O)C12C[C@H]3C[C@@H](CC(NC(=O)c4cc(-c5ccccc5)on4)(C3)C1)C2. The van der Waals surface area contributed by atoms with Crippen LogP contribution in [0.25, 0.3) is 11.3 Å². The Morgan fingerprint density at radius 3 is 2.54 bits per heavy atom. The van der Waals surface area contributed by atoms with Gasteiger partial charge in [-0.3, -0.25) is 9.59 Å². The van der Waals surface area contributed by atoms with Gasteiger partial charge in [-0.2, -0.15) is 0 Å². The van der Waals surface area contributed by atoms with E-state index in [-0.39, 0.29) is 23.1 Å². The highest BCUT2D eigenvalue weighted by molar-refractivity contribution is 5.93. The fourth-order valence-electron chi connectivity index (χ4n) is 6.29. The maximum absolute atomic E-state index is 13.0. The first-order valence-corrected chi connectivity index (χ1v) is 9.94. The van der Waals surface area contributed by atoms with Gasteiger partial charge >= 0.3 is 5.97 Å². The van der Waals surface area contributed by atoms with Crippen LogP contribution in [0.15, 0.2) is 40.9 Å². The largest absolute Gasteiger partial charge is 0.469 e. The van der Waals surface area contributed by atoms with E-state index in [4.69, 9.17) is 9.26 Å². The lowest BCUT2D eigenvalue weighted by Gasteiger charge is -2.60. The van der Waals surface area contributed by atoms with E-state index in [1.807, 2.05) is 30.3 Å². The van der Waals surface area contributed by atoms with Gasteiger partial charge in [0.2, 0.25) is 0 Å². The molecule has 6 nitrogen and oxygen atoms in total. The van der Waals surface area contributed by atoms with Crippen molar-refractivity contribution in [2.45, 2.75) is 44.1 Å². The Kier molecular flexibility index (Phi) is 3.86. The molecule has 0 saturated heterocycles. The van der Waals surface area contributed by atoms with E-state index in [2.05, 4.69) is 10.5 Å². The first-order chi connectivity index (χ1) is 13.5. The van der Waals surface area contributed by atoms with Crippen LogP contribution in [0.2, 0.25) is 0 Å². The number of nitrogens with one attached hydrogen (secondary N) is 1. The second-order valence-electron chi connectivity index (χ2n) is 8.91. The molecule has 4 fully saturated rings. The molecule has 6 heteroatoms. The van der Waals surface area contributed by atoms with Crippen molar-refractivity contribution in [2.24, 2.45) is 17.3 Å². The van der Waals surface area contributed by atoms with Gasteiger partial charge < -0.3 is 14.6 Å². The van der Waals surface area contributed by atoms with Crippen molar-refractivity contribution in [2.75, 3.05) is 7.11 Å². The van der Waals surface area contributed by atoms with Crippen LogP contribution in [0.3, 0.4) is 0 Å². The molecule has 28 heavy (non-hydrogen) atoms. The highest BCUT2D eigenvalue weighted by Gasteiger charge is 2.61. The molecule has 4 aliphatic carbocycles. The number of methoxy groups -OCH3 is 1. The van der Waals surface area contributed by atoms with Crippen molar-refractivity contribution >= 4 is 11.9 Å². The Balaban J connectivity index is 1.38. The first-order valence-electron chi connectivity index (χ1n) is 9.94. The van der Waals surface area contributed by atoms with Crippen LogP contribution < -0.4 is 5.32 Å². The number of rotatable bonds is 4. The van der Waals surface area contributed by atoms with Gasteiger partial charge in [-0.05, 0) is 50.4 Å². The molecule has 1 heterocycles. The van der Waals surface area contributed by atoms with Crippen molar-refractivity contribution in [1.29, 1.82) is 0 Å². The van der Waals surface area contributed by atoms with Crippen molar-refractivity contribution in [1.82, 2.24) is 10.5 Å². The number of nitrogens with zero attached hydrogens (tertiary/aromatic N) is 1. The smallest absolute Gasteiger partial charge is 0.311 e. The summed E-state index contributed by atoms with van der Waals surface area (Å²) in [5.74, 6) is 1.17. The minimum absolute atomic E-state index is 0.118. The molecule has 4 saturated carbocycles. The third-order valence-corrected chi connectivity index (χ3v) is 6.86. The molecule has 1 aromatic carbocycles. The number of carbonyl (C=O) groups is 2. The summed E-state index contributed by atoms with van der Waals surface area (Å²) in [4.78, 5) is 25.5. The highest BCUT2D eigenvalue weighted by atomic mass is 16.5. The molecular weight excluding hydrogens is 356 g/mol. The van der Waals surface area contributed by atoms with E-state index >= 15 is 0 Å². The van der Waals surface area contributed by atoms with Gasteiger partial charge in [0.25, 0.3) is 5.91 Å². The van der Waals surface area contributed by atoms with E-state index in [0.717, 1.165) is 37.7 Å². The molecule has 1 aromatic heterocycles. The predicted octanol–water partition coefficient (Wildman–Crippen LogP) is 3.58. The highest BCUT2D eigenvalue weighted by Crippen LogP contribution is 2.62. The number of amides is 1. The van der Waals surface area contributed by atoms with Gasteiger partial charge in [0.15, 0.2) is 11.5 Å². The molecule has 2 atom stereocenters. The van der Waals surface area contributed by atoms with E-state index in [0.29, 0.717) is 24.0 Å². The number of aromatic nitrogens is 1. The summed E-state index contributed by atoms with van der Waals surface area (Å²) in [5.41, 5.74) is 0.377. The lowest BCUT2D eigenvalue weighted by molar-refractivity contribution is -0.171. The number of hydrogen-bond donors (Lipinski definition) is 1. The molecule has 2 aromatic rings. The molecule has 0 radical (unpaired) electrons. The Morgan fingerprint density at radius 2 is 1.86 bits per heavy atom. The van der Waals surface area contributed by atoms with E-state index in [9.17, 15) is 9.59 Å². The molecule has 1 amide bonds. The summed E-state index contributed by atoms with van der Waals surface area (Å²) in [6, 6.07) is 11.3. The van der Waals surface area contributed by atoms with Crippen LogP contribution in [0.1, 0.15) is 49.0 Å². The van der Waals surface area contributed by atoms with Gasteiger partial charge in [-0.1, -0.05) is 35.5 Å². The van der Waals surface area contributed by atoms with E-state index < -0.39 is 5.41 Å². The minimum Gasteiger partial charge on any atom is -0.469 e. The van der Waals surface area contributed by atoms with Crippen LogP contribution >= 0.6 is 0 Å². The summed E-state index contributed by atoms with van der Waals surface area (Å²) in [5, 5.41) is 7.22. The summed E-state index contributed by atoms with van der Waals surface area (Å²) in [6.45, 7) is 0. The van der Waals surface area contributed by atoms with Crippen LogP contribution in [-0.4, -0.2) is 29.7 Å². The summed E-state index contributed by atoms with van der Waals surface area (Å²) >= 11 is 0. The lowest BCUT2D eigenvalue weighted by atomic mass is 9.47. The van der Waals surface area contributed by atoms with Gasteiger partial charge in [-0.15, -0.1) is 0 Å². The zero-order valence-electron chi connectivity index (χ0n) is 15.9. The second-order valence-corrected chi connectivity index (χ2v) is 8.91. The third kappa shape index (κ3) is 2.74. The molecule has 146 valence electrons. The van der Waals surface area contributed by atoms with E-state index in [1.165, 1.54) is 7.11 Å². The first kappa shape index (κ1) is 17.5. The van der Waals surface area contributed by atoms with Gasteiger partial charge in [0, 0.05) is 17.2 Å². The van der Waals surface area contributed by atoms with Crippen LogP contribution in [0.4, 0.5) is 0 Å². The lowest BCUT2D eigenvalue weighted by Crippen LogP contribution is -2.64. The predicted molar refractivity (Wildman–Crippen MR) is 101 cm³/mol. The maximum Gasteiger partial charge on any atom is 0.311 e. The zero-order valence-corrected chi connectivity index (χ0v) is 15.9. The average Bonchev–Trinajstić information content (AvgIpc) is 3.17. The Hall–Kier alpha value is -2.63. The average molecular weight is 380 g/mol. The van der Waals surface area contributed by atoms with Crippen molar-refractivity contribution < 1.29 is 18.8 Å². The summed E-state index contributed by atoms with van der Waals surface area (Å²) < 4.78 is 10.5. The Labute approximate surface area is 163 Å². The Morgan fingerprint density at radius 1 is 1.14 bits per heavy atom. The Bertz CT molecular complexity index is 906. The minimum atomic E-state index is -0.439. The van der Waals surface area contributed by atoms with Crippen molar-refractivity contribution in [3.05, 3.63) is 42.1 Å². The molecule has 1 N–H and O–H groups in total. The fourth-order valence-corrected chi connectivity index (χ4v) is 6.29. The van der Waals surface area contributed by atoms with Crippen molar-refractivity contribution in [3.8, 4) is 11.3 Å².